The van der Waals surface area contributed by atoms with E-state index in [-0.39, 0.29) is 5.91 Å². The number of nitrogens with two attached hydrogens (primary N) is 2. The molecule has 0 spiro atoms. The van der Waals surface area contributed by atoms with Gasteiger partial charge >= 0.3 is 0 Å². The predicted molar refractivity (Wildman–Crippen MR) is 49.4 cm³/mol. The third-order valence-electron chi connectivity index (χ3n) is 1.77. The lowest BCUT2D eigenvalue weighted by molar-refractivity contribution is -0.131. The fraction of sp³-hybridized carbons (Fsp3) is 0.375. The average molecular weight is 182 g/mol. The van der Waals surface area contributed by atoms with E-state index in [2.05, 4.69) is 4.98 Å². The predicted octanol–water partition coefficient (Wildman–Crippen LogP) is -0.783. The van der Waals surface area contributed by atoms with Gasteiger partial charge in [0.2, 0.25) is 0 Å². The van der Waals surface area contributed by atoms with Crippen molar-refractivity contribution >= 4 is 5.91 Å². The molecule has 1 amide bonds. The number of carbonyl (C=O) groups excluding carboxylic acids is 1. The quantitative estimate of drug-likeness (QED) is 0.325. The van der Waals surface area contributed by atoms with Gasteiger partial charge in [-0.1, -0.05) is 0 Å². The summed E-state index contributed by atoms with van der Waals surface area (Å²) >= 11 is 0. The van der Waals surface area contributed by atoms with Crippen molar-refractivity contribution in [2.24, 2.45) is 11.6 Å². The Morgan fingerprint density at radius 2 is 2.46 bits per heavy atom. The Kier molecular flexibility index (Phi) is 3.05. The van der Waals surface area contributed by atoms with Crippen LogP contribution < -0.4 is 11.6 Å². The molecule has 13 heavy (non-hydrogen) atoms. The lowest BCUT2D eigenvalue weighted by atomic mass is 10.1. The summed E-state index contributed by atoms with van der Waals surface area (Å²) in [5, 5.41) is 1.01. The van der Waals surface area contributed by atoms with E-state index in [9.17, 15) is 4.79 Å². The Balaban J connectivity index is 2.51. The van der Waals surface area contributed by atoms with E-state index in [0.717, 1.165) is 10.7 Å². The molecule has 1 rings (SSSR count). The summed E-state index contributed by atoms with van der Waals surface area (Å²) in [6.07, 6.45) is 2.27. The number of hydrazine groups is 1. The summed E-state index contributed by atoms with van der Waals surface area (Å²) in [7, 11) is 1.48. The number of hydrogen-bond donors (Lipinski definition) is 3. The number of amides is 1. The highest BCUT2D eigenvalue weighted by molar-refractivity contribution is 5.81. The molecule has 0 bridgehead atoms. The summed E-state index contributed by atoms with van der Waals surface area (Å²) in [5.74, 6) is 4.99. The third-order valence-corrected chi connectivity index (χ3v) is 1.77. The SMILES string of the molecule is CN(N)C(=O)C(N)Cc1ccc[nH]1. The van der Waals surface area contributed by atoms with Crippen molar-refractivity contribution in [1.82, 2.24) is 9.99 Å². The average Bonchev–Trinajstić information content (AvgIpc) is 2.55. The normalized spacial score (nSPS) is 12.5. The topological polar surface area (TPSA) is 88.1 Å². The molecule has 0 saturated carbocycles. The molecule has 0 fully saturated rings. The van der Waals surface area contributed by atoms with Crippen LogP contribution in [0.5, 0.6) is 0 Å². The van der Waals surface area contributed by atoms with Gasteiger partial charge in [-0.2, -0.15) is 0 Å². The molecule has 0 aliphatic carbocycles. The van der Waals surface area contributed by atoms with Crippen LogP contribution >= 0.6 is 0 Å². The molecule has 0 saturated heterocycles. The molecule has 5 heteroatoms. The van der Waals surface area contributed by atoms with Gasteiger partial charge in [0.1, 0.15) is 0 Å². The van der Waals surface area contributed by atoms with Crippen LogP contribution in [0.3, 0.4) is 0 Å². The molecule has 1 heterocycles. The van der Waals surface area contributed by atoms with Crippen molar-refractivity contribution < 1.29 is 4.79 Å². The van der Waals surface area contributed by atoms with Crippen molar-refractivity contribution in [3.8, 4) is 0 Å². The minimum absolute atomic E-state index is 0.269. The number of rotatable bonds is 3. The molecular weight excluding hydrogens is 168 g/mol. The summed E-state index contributed by atoms with van der Waals surface area (Å²) in [4.78, 5) is 14.2. The van der Waals surface area contributed by atoms with Crippen molar-refractivity contribution in [2.75, 3.05) is 7.05 Å². The number of H-pyrrole nitrogens is 1. The van der Waals surface area contributed by atoms with Crippen LogP contribution in [0.4, 0.5) is 0 Å². The second-order valence-electron chi connectivity index (χ2n) is 2.96. The molecule has 72 valence electrons. The minimum Gasteiger partial charge on any atom is -0.365 e. The summed E-state index contributed by atoms with van der Waals surface area (Å²) in [5.41, 5.74) is 6.55. The van der Waals surface area contributed by atoms with Gasteiger partial charge in [0.15, 0.2) is 0 Å². The van der Waals surface area contributed by atoms with E-state index < -0.39 is 6.04 Å². The highest BCUT2D eigenvalue weighted by Gasteiger charge is 2.16. The second-order valence-corrected chi connectivity index (χ2v) is 2.96. The number of aromatic nitrogens is 1. The number of nitrogens with one attached hydrogen (secondary N) is 1. The monoisotopic (exact) mass is 182 g/mol. The maximum atomic E-state index is 11.2. The lowest BCUT2D eigenvalue weighted by Gasteiger charge is -2.15. The van der Waals surface area contributed by atoms with Gasteiger partial charge in [-0.3, -0.25) is 9.80 Å². The molecule has 0 aliphatic heterocycles. The van der Waals surface area contributed by atoms with Gasteiger partial charge in [0.05, 0.1) is 6.04 Å². The summed E-state index contributed by atoms with van der Waals surface area (Å²) < 4.78 is 0. The van der Waals surface area contributed by atoms with Gasteiger partial charge in [-0.15, -0.1) is 0 Å². The first-order chi connectivity index (χ1) is 6.11. The molecule has 1 aromatic heterocycles. The van der Waals surface area contributed by atoms with E-state index in [0.29, 0.717) is 6.42 Å². The Bertz CT molecular complexity index is 268. The van der Waals surface area contributed by atoms with E-state index in [4.69, 9.17) is 11.6 Å². The van der Waals surface area contributed by atoms with Gasteiger partial charge in [-0.05, 0) is 12.1 Å². The zero-order chi connectivity index (χ0) is 9.84. The van der Waals surface area contributed by atoms with Crippen LogP contribution in [-0.2, 0) is 11.2 Å². The van der Waals surface area contributed by atoms with Gasteiger partial charge in [-0.25, -0.2) is 5.84 Å². The number of likely N-dealkylation sites (N-methyl/N-ethyl adjacent to an activating group) is 1. The van der Waals surface area contributed by atoms with E-state index in [1.165, 1.54) is 7.05 Å². The molecule has 0 aliphatic rings. The molecule has 1 atom stereocenters. The van der Waals surface area contributed by atoms with E-state index in [1.54, 1.807) is 6.20 Å². The van der Waals surface area contributed by atoms with Gasteiger partial charge < -0.3 is 10.7 Å². The zero-order valence-corrected chi connectivity index (χ0v) is 7.53. The van der Waals surface area contributed by atoms with Crippen molar-refractivity contribution in [2.45, 2.75) is 12.5 Å². The van der Waals surface area contributed by atoms with Crippen LogP contribution in [0.25, 0.3) is 0 Å². The standard InChI is InChI=1S/C8H14N4O/c1-12(10)8(13)7(9)5-6-3-2-4-11-6/h2-4,7,11H,5,9-10H2,1H3. The first kappa shape index (κ1) is 9.76. The highest BCUT2D eigenvalue weighted by Crippen LogP contribution is 1.99. The highest BCUT2D eigenvalue weighted by atomic mass is 16.2. The maximum Gasteiger partial charge on any atom is 0.253 e. The Morgan fingerprint density at radius 1 is 1.77 bits per heavy atom. The lowest BCUT2D eigenvalue weighted by Crippen LogP contribution is -2.46. The Morgan fingerprint density at radius 3 is 2.92 bits per heavy atom. The zero-order valence-electron chi connectivity index (χ0n) is 7.53. The molecule has 1 aromatic rings. The first-order valence-electron chi connectivity index (χ1n) is 4.01. The molecule has 0 radical (unpaired) electrons. The van der Waals surface area contributed by atoms with E-state index in [1.807, 2.05) is 12.1 Å². The molecule has 5 N–H and O–H groups in total. The summed E-state index contributed by atoms with van der Waals surface area (Å²) in [6, 6.07) is 3.16. The van der Waals surface area contributed by atoms with Crippen LogP contribution in [0.1, 0.15) is 5.69 Å². The maximum absolute atomic E-state index is 11.2. The minimum atomic E-state index is -0.575. The van der Waals surface area contributed by atoms with Crippen molar-refractivity contribution in [3.05, 3.63) is 24.0 Å². The third kappa shape index (κ3) is 2.57. The van der Waals surface area contributed by atoms with Gasteiger partial charge in [0.25, 0.3) is 5.91 Å². The summed E-state index contributed by atoms with van der Waals surface area (Å²) in [6.45, 7) is 0. The van der Waals surface area contributed by atoms with Crippen LogP contribution in [0, 0.1) is 0 Å². The Labute approximate surface area is 76.7 Å². The fourth-order valence-electron chi connectivity index (χ4n) is 1.08. The number of aromatic amines is 1. The first-order valence-corrected chi connectivity index (χ1v) is 4.01. The molecule has 5 nitrogen and oxygen atoms in total. The largest absolute Gasteiger partial charge is 0.365 e. The molecule has 0 aromatic carbocycles. The van der Waals surface area contributed by atoms with Crippen LogP contribution in [0.2, 0.25) is 0 Å². The number of carbonyl (C=O) groups is 1. The van der Waals surface area contributed by atoms with Crippen molar-refractivity contribution in [3.63, 3.8) is 0 Å². The fourth-order valence-corrected chi connectivity index (χ4v) is 1.08. The smallest absolute Gasteiger partial charge is 0.253 e. The molecular formula is C8H14N4O. The Hall–Kier alpha value is -1.33. The van der Waals surface area contributed by atoms with E-state index >= 15 is 0 Å². The van der Waals surface area contributed by atoms with Crippen molar-refractivity contribution in [1.29, 1.82) is 0 Å². The molecule has 1 unspecified atom stereocenters. The van der Waals surface area contributed by atoms with Gasteiger partial charge in [0, 0.05) is 25.4 Å². The second kappa shape index (κ2) is 4.06. The number of nitrogens with zero attached hydrogens (tertiary/aromatic N) is 1. The van der Waals surface area contributed by atoms with Crippen LogP contribution in [0.15, 0.2) is 18.3 Å². The number of hydrogen-bond acceptors (Lipinski definition) is 3. The van der Waals surface area contributed by atoms with Crippen LogP contribution in [-0.4, -0.2) is 29.0 Å².